The van der Waals surface area contributed by atoms with E-state index in [4.69, 9.17) is 14.5 Å². The highest BCUT2D eigenvalue weighted by molar-refractivity contribution is 5.79. The molecule has 0 bridgehead atoms. The van der Waals surface area contributed by atoms with E-state index < -0.39 is 0 Å². The molecule has 0 saturated carbocycles. The van der Waals surface area contributed by atoms with E-state index in [0.717, 1.165) is 49.8 Å². The van der Waals surface area contributed by atoms with Crippen molar-refractivity contribution >= 4 is 5.96 Å². The first-order chi connectivity index (χ1) is 11.5. The SMILES string of the molecule is CCNC(=NCc1ccccc1OC(C)(C)C)NCC1CCCO1. The lowest BCUT2D eigenvalue weighted by Gasteiger charge is -2.23. The highest BCUT2D eigenvalue weighted by Gasteiger charge is 2.16. The van der Waals surface area contributed by atoms with Crippen LogP contribution in [0.15, 0.2) is 29.3 Å². The van der Waals surface area contributed by atoms with Gasteiger partial charge in [-0.25, -0.2) is 4.99 Å². The Morgan fingerprint density at radius 2 is 2.08 bits per heavy atom. The normalized spacial score (nSPS) is 18.5. The summed E-state index contributed by atoms with van der Waals surface area (Å²) in [6.45, 7) is 11.3. The molecule has 5 nitrogen and oxygen atoms in total. The van der Waals surface area contributed by atoms with Crippen LogP contribution >= 0.6 is 0 Å². The summed E-state index contributed by atoms with van der Waals surface area (Å²) in [6, 6.07) is 8.08. The summed E-state index contributed by atoms with van der Waals surface area (Å²) in [7, 11) is 0. The van der Waals surface area contributed by atoms with Crippen LogP contribution in [0.1, 0.15) is 46.1 Å². The summed E-state index contributed by atoms with van der Waals surface area (Å²) in [5, 5.41) is 6.66. The lowest BCUT2D eigenvalue weighted by Crippen LogP contribution is -2.41. The van der Waals surface area contributed by atoms with E-state index in [1.54, 1.807) is 0 Å². The molecule has 1 saturated heterocycles. The number of para-hydroxylation sites is 1. The molecule has 0 amide bonds. The summed E-state index contributed by atoms with van der Waals surface area (Å²) in [4.78, 5) is 4.69. The minimum atomic E-state index is -0.220. The van der Waals surface area contributed by atoms with Crippen molar-refractivity contribution in [3.63, 3.8) is 0 Å². The molecule has 0 radical (unpaired) electrons. The smallest absolute Gasteiger partial charge is 0.191 e. The molecule has 134 valence electrons. The second-order valence-electron chi connectivity index (χ2n) is 7.03. The zero-order chi connectivity index (χ0) is 17.4. The predicted molar refractivity (Wildman–Crippen MR) is 98.6 cm³/mol. The summed E-state index contributed by atoms with van der Waals surface area (Å²) >= 11 is 0. The van der Waals surface area contributed by atoms with Crippen molar-refractivity contribution in [1.29, 1.82) is 0 Å². The maximum atomic E-state index is 6.04. The number of rotatable bonds is 6. The molecule has 0 spiro atoms. The average Bonchev–Trinajstić information content (AvgIpc) is 3.03. The average molecular weight is 333 g/mol. The zero-order valence-corrected chi connectivity index (χ0v) is 15.4. The highest BCUT2D eigenvalue weighted by Crippen LogP contribution is 2.23. The molecule has 1 aromatic carbocycles. The number of nitrogens with one attached hydrogen (secondary N) is 2. The van der Waals surface area contributed by atoms with Gasteiger partial charge in [-0.3, -0.25) is 0 Å². The van der Waals surface area contributed by atoms with Crippen molar-refractivity contribution in [2.24, 2.45) is 4.99 Å². The lowest BCUT2D eigenvalue weighted by molar-refractivity contribution is 0.113. The fraction of sp³-hybridized carbons (Fsp3) is 0.632. The highest BCUT2D eigenvalue weighted by atomic mass is 16.5. The van der Waals surface area contributed by atoms with Crippen molar-refractivity contribution in [3.8, 4) is 5.75 Å². The molecule has 0 aliphatic carbocycles. The number of hydrogen-bond acceptors (Lipinski definition) is 3. The number of guanidine groups is 1. The van der Waals surface area contributed by atoms with Crippen LogP contribution in [0.4, 0.5) is 0 Å². The van der Waals surface area contributed by atoms with E-state index in [9.17, 15) is 0 Å². The summed E-state index contributed by atoms with van der Waals surface area (Å²) < 4.78 is 11.7. The third kappa shape index (κ3) is 6.40. The molecule has 2 rings (SSSR count). The predicted octanol–water partition coefficient (Wildman–Crippen LogP) is 3.10. The van der Waals surface area contributed by atoms with Gasteiger partial charge in [-0.15, -0.1) is 0 Å². The first-order valence-corrected chi connectivity index (χ1v) is 8.88. The van der Waals surface area contributed by atoms with Crippen molar-refractivity contribution in [2.75, 3.05) is 19.7 Å². The second kappa shape index (κ2) is 8.92. The van der Waals surface area contributed by atoms with Crippen LogP contribution in [0, 0.1) is 0 Å². The monoisotopic (exact) mass is 333 g/mol. The van der Waals surface area contributed by atoms with Crippen LogP contribution < -0.4 is 15.4 Å². The molecule has 1 aromatic rings. The van der Waals surface area contributed by atoms with Gasteiger partial charge in [0.05, 0.1) is 12.6 Å². The standard InChI is InChI=1S/C19H31N3O2/c1-5-20-18(22-14-16-10-8-12-23-16)21-13-15-9-6-7-11-17(15)24-19(2,3)4/h6-7,9,11,16H,5,8,10,12-14H2,1-4H3,(H2,20,21,22). The van der Waals surface area contributed by atoms with E-state index in [1.165, 1.54) is 0 Å². The largest absolute Gasteiger partial charge is 0.488 e. The van der Waals surface area contributed by atoms with Gasteiger partial charge in [-0.1, -0.05) is 18.2 Å². The lowest BCUT2D eigenvalue weighted by atomic mass is 10.1. The molecule has 1 atom stereocenters. The fourth-order valence-electron chi connectivity index (χ4n) is 2.59. The van der Waals surface area contributed by atoms with Crippen molar-refractivity contribution < 1.29 is 9.47 Å². The molecule has 0 aromatic heterocycles. The van der Waals surface area contributed by atoms with E-state index in [0.29, 0.717) is 12.6 Å². The van der Waals surface area contributed by atoms with E-state index in [-0.39, 0.29) is 5.60 Å². The molecule has 1 unspecified atom stereocenters. The van der Waals surface area contributed by atoms with E-state index in [1.807, 2.05) is 18.2 Å². The Labute approximate surface area is 145 Å². The van der Waals surface area contributed by atoms with Gasteiger partial charge in [0, 0.05) is 25.3 Å². The second-order valence-corrected chi connectivity index (χ2v) is 7.03. The summed E-state index contributed by atoms with van der Waals surface area (Å²) in [5.41, 5.74) is 0.865. The van der Waals surface area contributed by atoms with Crippen LogP contribution in [0.25, 0.3) is 0 Å². The molecule has 1 aliphatic rings. The number of hydrogen-bond donors (Lipinski definition) is 2. The Bertz CT molecular complexity index is 532. The Balaban J connectivity index is 1.99. The molecule has 1 fully saturated rings. The zero-order valence-electron chi connectivity index (χ0n) is 15.4. The molecule has 24 heavy (non-hydrogen) atoms. The van der Waals surface area contributed by atoms with Gasteiger partial charge in [-0.2, -0.15) is 0 Å². The van der Waals surface area contributed by atoms with Crippen molar-refractivity contribution in [1.82, 2.24) is 10.6 Å². The van der Waals surface area contributed by atoms with Gasteiger partial charge >= 0.3 is 0 Å². The van der Waals surface area contributed by atoms with Gasteiger partial charge in [0.25, 0.3) is 0 Å². The number of aliphatic imine (C=N–C) groups is 1. The Morgan fingerprint density at radius 3 is 2.75 bits per heavy atom. The fourth-order valence-corrected chi connectivity index (χ4v) is 2.59. The van der Waals surface area contributed by atoms with Crippen LogP contribution in [-0.4, -0.2) is 37.4 Å². The number of benzene rings is 1. The van der Waals surface area contributed by atoms with Crippen LogP contribution in [0.5, 0.6) is 5.75 Å². The van der Waals surface area contributed by atoms with Gasteiger partial charge in [0.1, 0.15) is 11.4 Å². The minimum absolute atomic E-state index is 0.220. The van der Waals surface area contributed by atoms with Gasteiger partial charge < -0.3 is 20.1 Å². The van der Waals surface area contributed by atoms with E-state index in [2.05, 4.69) is 44.4 Å². The summed E-state index contributed by atoms with van der Waals surface area (Å²) in [5.74, 6) is 1.71. The van der Waals surface area contributed by atoms with Gasteiger partial charge in [-0.05, 0) is 46.6 Å². The molecule has 1 aliphatic heterocycles. The minimum Gasteiger partial charge on any atom is -0.488 e. The molecular weight excluding hydrogens is 302 g/mol. The van der Waals surface area contributed by atoms with Crippen molar-refractivity contribution in [2.45, 2.75) is 58.8 Å². The maximum Gasteiger partial charge on any atom is 0.191 e. The molecule has 5 heteroatoms. The molecular formula is C19H31N3O2. The summed E-state index contributed by atoms with van der Waals surface area (Å²) in [6.07, 6.45) is 2.57. The quantitative estimate of drug-likeness (QED) is 0.620. The van der Waals surface area contributed by atoms with Crippen molar-refractivity contribution in [3.05, 3.63) is 29.8 Å². The third-order valence-corrected chi connectivity index (χ3v) is 3.66. The Hall–Kier alpha value is -1.75. The first-order valence-electron chi connectivity index (χ1n) is 8.88. The van der Waals surface area contributed by atoms with Crippen LogP contribution in [0.3, 0.4) is 0 Å². The van der Waals surface area contributed by atoms with Gasteiger partial charge in [0.15, 0.2) is 5.96 Å². The Kier molecular flexibility index (Phi) is 6.91. The number of ether oxygens (including phenoxy) is 2. The number of nitrogens with zero attached hydrogens (tertiary/aromatic N) is 1. The first kappa shape index (κ1) is 18.6. The van der Waals surface area contributed by atoms with Crippen LogP contribution in [-0.2, 0) is 11.3 Å². The Morgan fingerprint density at radius 1 is 1.29 bits per heavy atom. The topological polar surface area (TPSA) is 54.9 Å². The van der Waals surface area contributed by atoms with Gasteiger partial charge in [0.2, 0.25) is 0 Å². The molecule has 2 N–H and O–H groups in total. The maximum absolute atomic E-state index is 6.04. The molecule has 1 heterocycles. The van der Waals surface area contributed by atoms with Crippen LogP contribution in [0.2, 0.25) is 0 Å². The third-order valence-electron chi connectivity index (χ3n) is 3.66. The van der Waals surface area contributed by atoms with E-state index >= 15 is 0 Å².